The highest BCUT2D eigenvalue weighted by Gasteiger charge is 2.24. The van der Waals surface area contributed by atoms with Gasteiger partial charge >= 0.3 is 0 Å². The normalized spacial score (nSPS) is 11.5. The highest BCUT2D eigenvalue weighted by molar-refractivity contribution is 5.80. The summed E-state index contributed by atoms with van der Waals surface area (Å²) in [7, 11) is 0. The van der Waals surface area contributed by atoms with Crippen LogP contribution in [0.5, 0.6) is 0 Å². The number of carbonyl (C=O) groups excluding carboxylic acids is 1. The Morgan fingerprint density at radius 3 is 2.45 bits per heavy atom. The predicted octanol–water partition coefficient (Wildman–Crippen LogP) is -0.527. The van der Waals surface area contributed by atoms with Gasteiger partial charge in [0.2, 0.25) is 5.91 Å². The largest absolute Gasteiger partial charge is 0.379 e. The first-order chi connectivity index (χ1) is 5.00. The molecule has 0 rings (SSSR count). The van der Waals surface area contributed by atoms with E-state index < -0.39 is 5.41 Å². The molecule has 0 saturated heterocycles. The molecule has 4 heteroatoms. The van der Waals surface area contributed by atoms with Crippen molar-refractivity contribution in [2.24, 2.45) is 16.9 Å². The number of amides is 1. The summed E-state index contributed by atoms with van der Waals surface area (Å²) in [5.74, 6) is -0.352. The molecule has 0 aromatic carbocycles. The lowest BCUT2D eigenvalue weighted by atomic mass is 9.94. The molecule has 0 aromatic heterocycles. The van der Waals surface area contributed by atoms with E-state index in [9.17, 15) is 4.79 Å². The van der Waals surface area contributed by atoms with Crippen molar-refractivity contribution in [3.63, 3.8) is 0 Å². The van der Waals surface area contributed by atoms with Gasteiger partial charge in [0.15, 0.2) is 0 Å². The molecule has 0 fully saturated rings. The van der Waals surface area contributed by atoms with Crippen molar-refractivity contribution in [3.8, 4) is 0 Å². The van der Waals surface area contributed by atoms with E-state index in [1.54, 1.807) is 13.8 Å². The first-order valence-electron chi connectivity index (χ1n) is 3.58. The zero-order valence-corrected chi connectivity index (χ0v) is 7.09. The molecule has 0 heterocycles. The van der Waals surface area contributed by atoms with E-state index in [0.29, 0.717) is 19.8 Å². The van der Waals surface area contributed by atoms with Crippen LogP contribution in [0.3, 0.4) is 0 Å². The molecule has 4 N–H and O–H groups in total. The quantitative estimate of drug-likeness (QED) is 0.531. The zero-order valence-electron chi connectivity index (χ0n) is 7.09. The van der Waals surface area contributed by atoms with Crippen LogP contribution >= 0.6 is 0 Å². The second-order valence-corrected chi connectivity index (χ2v) is 3.09. The summed E-state index contributed by atoms with van der Waals surface area (Å²) in [4.78, 5) is 10.7. The molecular weight excluding hydrogens is 144 g/mol. The molecule has 0 atom stereocenters. The smallest absolute Gasteiger partial charge is 0.225 e. The van der Waals surface area contributed by atoms with Crippen LogP contribution in [0.25, 0.3) is 0 Å². The average molecular weight is 160 g/mol. The molecule has 0 unspecified atom stereocenters. The van der Waals surface area contributed by atoms with Gasteiger partial charge in [-0.15, -0.1) is 0 Å². The summed E-state index contributed by atoms with van der Waals surface area (Å²) in [6.45, 7) is 4.75. The van der Waals surface area contributed by atoms with Crippen molar-refractivity contribution in [1.82, 2.24) is 0 Å². The maximum absolute atomic E-state index is 10.7. The van der Waals surface area contributed by atoms with Crippen LogP contribution in [0.4, 0.5) is 0 Å². The van der Waals surface area contributed by atoms with Crippen LogP contribution in [0.15, 0.2) is 0 Å². The third-order valence-corrected chi connectivity index (χ3v) is 1.39. The average Bonchev–Trinajstić information content (AvgIpc) is 1.88. The molecule has 1 amide bonds. The Balaban J connectivity index is 3.64. The minimum Gasteiger partial charge on any atom is -0.379 e. The van der Waals surface area contributed by atoms with Crippen LogP contribution < -0.4 is 11.5 Å². The molecule has 4 nitrogen and oxygen atoms in total. The van der Waals surface area contributed by atoms with Gasteiger partial charge in [-0.05, 0) is 13.8 Å². The van der Waals surface area contributed by atoms with E-state index in [1.807, 2.05) is 0 Å². The van der Waals surface area contributed by atoms with Crippen molar-refractivity contribution in [2.75, 3.05) is 19.8 Å². The highest BCUT2D eigenvalue weighted by Crippen LogP contribution is 2.13. The van der Waals surface area contributed by atoms with Gasteiger partial charge in [-0.1, -0.05) is 0 Å². The molecule has 0 radical (unpaired) electrons. The molecule has 0 aromatic rings. The molecule has 0 bridgehead atoms. The maximum Gasteiger partial charge on any atom is 0.225 e. The lowest BCUT2D eigenvalue weighted by Crippen LogP contribution is -2.36. The first-order valence-corrected chi connectivity index (χ1v) is 3.58. The summed E-state index contributed by atoms with van der Waals surface area (Å²) in [5.41, 5.74) is 9.71. The zero-order chi connectivity index (χ0) is 8.91. The van der Waals surface area contributed by atoms with Gasteiger partial charge in [0.1, 0.15) is 0 Å². The summed E-state index contributed by atoms with van der Waals surface area (Å²) >= 11 is 0. The van der Waals surface area contributed by atoms with E-state index in [1.165, 1.54) is 0 Å². The van der Waals surface area contributed by atoms with Crippen molar-refractivity contribution in [2.45, 2.75) is 13.8 Å². The number of hydrogen-bond donors (Lipinski definition) is 2. The summed E-state index contributed by atoms with van der Waals surface area (Å²) in [5, 5.41) is 0. The Morgan fingerprint density at radius 2 is 2.09 bits per heavy atom. The van der Waals surface area contributed by atoms with Crippen molar-refractivity contribution in [1.29, 1.82) is 0 Å². The van der Waals surface area contributed by atoms with E-state index in [0.717, 1.165) is 0 Å². The van der Waals surface area contributed by atoms with Gasteiger partial charge in [-0.2, -0.15) is 0 Å². The van der Waals surface area contributed by atoms with Gasteiger partial charge in [0.05, 0.1) is 18.6 Å². The Bertz CT molecular complexity index is 134. The Labute approximate surface area is 66.9 Å². The van der Waals surface area contributed by atoms with Crippen LogP contribution in [0.1, 0.15) is 13.8 Å². The molecule has 0 aliphatic heterocycles. The van der Waals surface area contributed by atoms with Gasteiger partial charge in [0, 0.05) is 6.54 Å². The van der Waals surface area contributed by atoms with Gasteiger partial charge in [0.25, 0.3) is 0 Å². The van der Waals surface area contributed by atoms with E-state index >= 15 is 0 Å². The number of hydrogen-bond acceptors (Lipinski definition) is 3. The van der Waals surface area contributed by atoms with E-state index in [4.69, 9.17) is 16.2 Å². The standard InChI is InChI=1S/C7H16N2O2/c1-7(2,6(9)10)5-11-4-3-8/h3-5,8H2,1-2H3,(H2,9,10). The summed E-state index contributed by atoms with van der Waals surface area (Å²) < 4.78 is 5.08. The minimum absolute atomic E-state index is 0.333. The molecule has 0 aliphatic carbocycles. The monoisotopic (exact) mass is 160 g/mol. The number of primary amides is 1. The van der Waals surface area contributed by atoms with Crippen molar-refractivity contribution >= 4 is 5.91 Å². The minimum atomic E-state index is -0.588. The topological polar surface area (TPSA) is 78.3 Å². The molecular formula is C7H16N2O2. The number of nitrogens with two attached hydrogens (primary N) is 2. The second kappa shape index (κ2) is 4.31. The molecule has 66 valence electrons. The third kappa shape index (κ3) is 3.95. The van der Waals surface area contributed by atoms with Crippen LogP contribution in [0.2, 0.25) is 0 Å². The fraction of sp³-hybridized carbons (Fsp3) is 0.857. The lowest BCUT2D eigenvalue weighted by Gasteiger charge is -2.19. The fourth-order valence-electron chi connectivity index (χ4n) is 0.482. The van der Waals surface area contributed by atoms with Crippen LogP contribution in [-0.4, -0.2) is 25.7 Å². The first kappa shape index (κ1) is 10.4. The number of rotatable bonds is 5. The van der Waals surface area contributed by atoms with Gasteiger partial charge in [-0.3, -0.25) is 4.79 Å². The summed E-state index contributed by atoms with van der Waals surface area (Å²) in [6.07, 6.45) is 0. The highest BCUT2D eigenvalue weighted by atomic mass is 16.5. The molecule has 11 heavy (non-hydrogen) atoms. The number of ether oxygens (including phenoxy) is 1. The molecule has 0 saturated carbocycles. The maximum atomic E-state index is 10.7. The SMILES string of the molecule is CC(C)(COCCN)C(N)=O. The summed E-state index contributed by atoms with van der Waals surface area (Å²) in [6, 6.07) is 0. The van der Waals surface area contributed by atoms with Crippen LogP contribution in [0, 0.1) is 5.41 Å². The van der Waals surface area contributed by atoms with Crippen molar-refractivity contribution in [3.05, 3.63) is 0 Å². The van der Waals surface area contributed by atoms with Gasteiger partial charge in [-0.25, -0.2) is 0 Å². The Hall–Kier alpha value is -0.610. The Kier molecular flexibility index (Phi) is 4.07. The fourth-order valence-corrected chi connectivity index (χ4v) is 0.482. The molecule has 0 aliphatic rings. The van der Waals surface area contributed by atoms with E-state index in [-0.39, 0.29) is 5.91 Å². The van der Waals surface area contributed by atoms with E-state index in [2.05, 4.69) is 0 Å². The second-order valence-electron chi connectivity index (χ2n) is 3.09. The number of carbonyl (C=O) groups is 1. The predicted molar refractivity (Wildman–Crippen MR) is 42.8 cm³/mol. The lowest BCUT2D eigenvalue weighted by molar-refractivity contribution is -0.129. The Morgan fingerprint density at radius 1 is 1.55 bits per heavy atom. The third-order valence-electron chi connectivity index (χ3n) is 1.39. The molecule has 0 spiro atoms. The van der Waals surface area contributed by atoms with Crippen molar-refractivity contribution < 1.29 is 9.53 Å². The van der Waals surface area contributed by atoms with Gasteiger partial charge < -0.3 is 16.2 Å². The van der Waals surface area contributed by atoms with Crippen LogP contribution in [-0.2, 0) is 9.53 Å².